The molecule has 0 saturated heterocycles. The van der Waals surface area contributed by atoms with Crippen molar-refractivity contribution in [3.8, 4) is 5.75 Å². The van der Waals surface area contributed by atoms with Crippen molar-refractivity contribution in [1.29, 1.82) is 0 Å². The van der Waals surface area contributed by atoms with Crippen LogP contribution in [0.5, 0.6) is 5.75 Å². The number of benzene rings is 1. The molecule has 140 valence electrons. The van der Waals surface area contributed by atoms with Crippen molar-refractivity contribution in [3.05, 3.63) is 46.9 Å². The third kappa shape index (κ3) is 5.01. The van der Waals surface area contributed by atoms with Crippen molar-refractivity contribution in [2.75, 3.05) is 11.9 Å². The minimum atomic E-state index is -4.53. The number of aryl methyl sites for hydroxylation is 2. The van der Waals surface area contributed by atoms with Gasteiger partial charge in [0.1, 0.15) is 17.9 Å². The molecule has 0 saturated carbocycles. The van der Waals surface area contributed by atoms with Crippen LogP contribution in [0, 0.1) is 13.8 Å². The third-order valence-corrected chi connectivity index (χ3v) is 3.37. The molecule has 9 heteroatoms. The van der Waals surface area contributed by atoms with Crippen LogP contribution in [0.3, 0.4) is 0 Å². The lowest BCUT2D eigenvalue weighted by molar-refractivity contribution is -0.153. The molecule has 0 unspecified atom stereocenters. The van der Waals surface area contributed by atoms with Crippen LogP contribution >= 0.6 is 0 Å². The van der Waals surface area contributed by atoms with Gasteiger partial charge < -0.3 is 19.6 Å². The van der Waals surface area contributed by atoms with Gasteiger partial charge in [0, 0.05) is 5.56 Å². The van der Waals surface area contributed by atoms with Crippen LogP contribution in [0.15, 0.2) is 28.9 Å². The number of nitrogens with one attached hydrogen (secondary N) is 1. The number of rotatable bonds is 6. The Morgan fingerprint density at radius 1 is 1.27 bits per heavy atom. The number of anilines is 1. The van der Waals surface area contributed by atoms with Gasteiger partial charge in [-0.05, 0) is 31.5 Å². The number of hydrogen-bond donors (Lipinski definition) is 2. The van der Waals surface area contributed by atoms with Crippen LogP contribution in [0.4, 0.5) is 18.9 Å². The van der Waals surface area contributed by atoms with Gasteiger partial charge in [-0.15, -0.1) is 0 Å². The highest BCUT2D eigenvalue weighted by Crippen LogP contribution is 2.29. The highest BCUT2D eigenvalue weighted by Gasteiger charge is 2.29. The Balaban J connectivity index is 2.27. The molecule has 0 atom stereocenters. The highest BCUT2D eigenvalue weighted by atomic mass is 19.4. The van der Waals surface area contributed by atoms with E-state index in [9.17, 15) is 22.8 Å². The number of ether oxygens (including phenoxy) is 1. The number of amides is 1. The maximum absolute atomic E-state index is 12.5. The van der Waals surface area contributed by atoms with E-state index in [2.05, 4.69) is 5.32 Å². The zero-order valence-electron chi connectivity index (χ0n) is 13.9. The molecule has 1 aromatic heterocycles. The largest absolute Gasteiger partial charge is 0.482 e. The second-order valence-electron chi connectivity index (χ2n) is 5.64. The van der Waals surface area contributed by atoms with Gasteiger partial charge in [0.15, 0.2) is 6.61 Å². The number of carbonyl (C=O) groups is 2. The fourth-order valence-electron chi connectivity index (χ4n) is 2.27. The highest BCUT2D eigenvalue weighted by molar-refractivity contribution is 6.07. The summed E-state index contributed by atoms with van der Waals surface area (Å²) in [5.41, 5.74) is 1.11. The van der Waals surface area contributed by atoms with E-state index >= 15 is 0 Å². The number of carboxylic acid groups (broad SMARTS) is 1. The van der Waals surface area contributed by atoms with Gasteiger partial charge in [0.05, 0.1) is 17.5 Å². The minimum absolute atomic E-state index is 0.0229. The molecule has 2 N–H and O–H groups in total. The van der Waals surface area contributed by atoms with Gasteiger partial charge in [-0.1, -0.05) is 6.07 Å². The number of carbonyl (C=O) groups excluding carboxylic acids is 1. The van der Waals surface area contributed by atoms with E-state index in [0.29, 0.717) is 11.1 Å². The molecule has 26 heavy (non-hydrogen) atoms. The van der Waals surface area contributed by atoms with Gasteiger partial charge in [0.25, 0.3) is 5.91 Å². The van der Waals surface area contributed by atoms with Crippen LogP contribution in [0.2, 0.25) is 0 Å². The SMILES string of the molecule is Cc1ccc(NC(=O)c2c(C)coc2CC(=O)O)c(OCC(F)(F)F)c1. The van der Waals surface area contributed by atoms with Crippen LogP contribution in [0.1, 0.15) is 27.2 Å². The lowest BCUT2D eigenvalue weighted by Gasteiger charge is -2.15. The molecule has 1 amide bonds. The summed E-state index contributed by atoms with van der Waals surface area (Å²) in [6.07, 6.45) is -3.79. The quantitative estimate of drug-likeness (QED) is 0.808. The number of furan rings is 1. The van der Waals surface area contributed by atoms with Crippen LogP contribution in [-0.2, 0) is 11.2 Å². The normalized spacial score (nSPS) is 11.3. The molecule has 0 radical (unpaired) electrons. The predicted octanol–water partition coefficient (Wildman–Crippen LogP) is 3.72. The Hall–Kier alpha value is -2.97. The van der Waals surface area contributed by atoms with E-state index in [1.807, 2.05) is 0 Å². The molecule has 0 aliphatic rings. The van der Waals surface area contributed by atoms with Crippen molar-refractivity contribution in [2.24, 2.45) is 0 Å². The molecule has 1 heterocycles. The standard InChI is InChI=1S/C17H16F3NO5/c1-9-3-4-11(12(5-9)26-8-17(18,19)20)21-16(24)15-10(2)7-25-13(15)6-14(22)23/h3-5,7H,6,8H2,1-2H3,(H,21,24)(H,22,23). The molecule has 6 nitrogen and oxygen atoms in total. The van der Waals surface area contributed by atoms with Crippen molar-refractivity contribution in [3.63, 3.8) is 0 Å². The van der Waals surface area contributed by atoms with E-state index in [1.165, 1.54) is 18.4 Å². The Kier molecular flexibility index (Phi) is 5.59. The summed E-state index contributed by atoms with van der Waals surface area (Å²) < 4.78 is 47.1. The topological polar surface area (TPSA) is 88.8 Å². The molecule has 0 aliphatic carbocycles. The summed E-state index contributed by atoms with van der Waals surface area (Å²) in [6, 6.07) is 4.36. The summed E-state index contributed by atoms with van der Waals surface area (Å²) in [5.74, 6) is -2.07. The molecular formula is C17H16F3NO5. The average molecular weight is 371 g/mol. The summed E-state index contributed by atoms with van der Waals surface area (Å²) in [7, 11) is 0. The maximum Gasteiger partial charge on any atom is 0.422 e. The Morgan fingerprint density at radius 2 is 1.96 bits per heavy atom. The minimum Gasteiger partial charge on any atom is -0.482 e. The smallest absolute Gasteiger partial charge is 0.422 e. The summed E-state index contributed by atoms with van der Waals surface area (Å²) >= 11 is 0. The second-order valence-corrected chi connectivity index (χ2v) is 5.64. The zero-order chi connectivity index (χ0) is 19.5. The first kappa shape index (κ1) is 19.4. The predicted molar refractivity (Wildman–Crippen MR) is 85.5 cm³/mol. The van der Waals surface area contributed by atoms with Gasteiger partial charge in [-0.2, -0.15) is 13.2 Å². The summed E-state index contributed by atoms with van der Waals surface area (Å²) in [6.45, 7) is 1.71. The van der Waals surface area contributed by atoms with E-state index in [-0.39, 0.29) is 22.8 Å². The van der Waals surface area contributed by atoms with Crippen molar-refractivity contribution >= 4 is 17.6 Å². The molecule has 2 rings (SSSR count). The molecule has 2 aromatic rings. The molecule has 0 spiro atoms. The van der Waals surface area contributed by atoms with Crippen LogP contribution in [-0.4, -0.2) is 29.8 Å². The molecule has 0 fully saturated rings. The molecule has 0 aliphatic heterocycles. The van der Waals surface area contributed by atoms with Crippen LogP contribution < -0.4 is 10.1 Å². The maximum atomic E-state index is 12.5. The van der Waals surface area contributed by atoms with Crippen molar-refractivity contribution < 1.29 is 37.0 Å². The lowest BCUT2D eigenvalue weighted by Crippen LogP contribution is -2.21. The zero-order valence-corrected chi connectivity index (χ0v) is 13.9. The number of alkyl halides is 3. The second kappa shape index (κ2) is 7.51. The van der Waals surface area contributed by atoms with Gasteiger partial charge in [0.2, 0.25) is 0 Å². The van der Waals surface area contributed by atoms with E-state index in [4.69, 9.17) is 14.3 Å². The average Bonchev–Trinajstić information content (AvgIpc) is 2.86. The monoisotopic (exact) mass is 371 g/mol. The summed E-state index contributed by atoms with van der Waals surface area (Å²) in [5, 5.41) is 11.3. The first-order valence-corrected chi connectivity index (χ1v) is 7.47. The summed E-state index contributed by atoms with van der Waals surface area (Å²) in [4.78, 5) is 23.4. The number of aliphatic carboxylic acids is 1. The molecule has 0 bridgehead atoms. The fraction of sp³-hybridized carbons (Fsp3) is 0.294. The Bertz CT molecular complexity index is 826. The molecule has 1 aromatic carbocycles. The van der Waals surface area contributed by atoms with Gasteiger partial charge >= 0.3 is 12.1 Å². The number of halogens is 3. The van der Waals surface area contributed by atoms with Gasteiger partial charge in [-0.3, -0.25) is 9.59 Å². The first-order chi connectivity index (χ1) is 12.1. The van der Waals surface area contributed by atoms with Crippen molar-refractivity contribution in [1.82, 2.24) is 0 Å². The lowest BCUT2D eigenvalue weighted by atomic mass is 10.1. The third-order valence-electron chi connectivity index (χ3n) is 3.37. The van der Waals surface area contributed by atoms with E-state index in [1.54, 1.807) is 19.9 Å². The number of hydrogen-bond acceptors (Lipinski definition) is 4. The molecular weight excluding hydrogens is 355 g/mol. The Morgan fingerprint density at radius 3 is 2.58 bits per heavy atom. The van der Waals surface area contributed by atoms with Gasteiger partial charge in [-0.25, -0.2) is 0 Å². The number of carboxylic acids is 1. The van der Waals surface area contributed by atoms with E-state index in [0.717, 1.165) is 0 Å². The van der Waals surface area contributed by atoms with Crippen LogP contribution in [0.25, 0.3) is 0 Å². The van der Waals surface area contributed by atoms with E-state index < -0.39 is 31.1 Å². The fourth-order valence-corrected chi connectivity index (χ4v) is 2.27. The first-order valence-electron chi connectivity index (χ1n) is 7.47. The van der Waals surface area contributed by atoms with Crippen molar-refractivity contribution in [2.45, 2.75) is 26.4 Å². The Labute approximate surface area is 146 Å².